The Bertz CT molecular complexity index is 658. The Morgan fingerprint density at radius 1 is 1.25 bits per heavy atom. The molecule has 2 aromatic rings. The van der Waals surface area contributed by atoms with Crippen molar-refractivity contribution in [3.8, 4) is 0 Å². The van der Waals surface area contributed by atoms with Crippen LogP contribution in [0.25, 0.3) is 0 Å². The fourth-order valence-corrected chi connectivity index (χ4v) is 2.59. The van der Waals surface area contributed by atoms with Gasteiger partial charge in [0.2, 0.25) is 0 Å². The molecule has 5 heteroatoms. The van der Waals surface area contributed by atoms with Crippen LogP contribution in [0.5, 0.6) is 0 Å². The van der Waals surface area contributed by atoms with Gasteiger partial charge in [-0.3, -0.25) is 4.68 Å². The van der Waals surface area contributed by atoms with Crippen molar-refractivity contribution in [2.75, 3.05) is 20.6 Å². The summed E-state index contributed by atoms with van der Waals surface area (Å²) in [6.07, 6.45) is 0. The highest BCUT2D eigenvalue weighted by Gasteiger charge is 2.09. The largest absolute Gasteiger partial charge is 0.356 e. The molecule has 1 unspecified atom stereocenters. The summed E-state index contributed by atoms with van der Waals surface area (Å²) in [5.41, 5.74) is 3.50. The highest BCUT2D eigenvalue weighted by Crippen LogP contribution is 2.06. The van der Waals surface area contributed by atoms with Crippen molar-refractivity contribution >= 4 is 5.96 Å². The molecule has 0 aliphatic heterocycles. The van der Waals surface area contributed by atoms with E-state index in [0.717, 1.165) is 24.7 Å². The number of aliphatic imine (C=N–C) groups is 1. The fourth-order valence-electron chi connectivity index (χ4n) is 2.59. The lowest BCUT2D eigenvalue weighted by atomic mass is 10.2. The minimum atomic E-state index is 0.463. The topological polar surface area (TPSA) is 45.5 Å². The van der Waals surface area contributed by atoms with Gasteiger partial charge < -0.3 is 10.2 Å². The van der Waals surface area contributed by atoms with Crippen LogP contribution in [0, 0.1) is 19.8 Å². The van der Waals surface area contributed by atoms with E-state index in [0.29, 0.717) is 12.5 Å². The summed E-state index contributed by atoms with van der Waals surface area (Å²) in [7, 11) is 4.03. The third kappa shape index (κ3) is 5.41. The predicted octanol–water partition coefficient (Wildman–Crippen LogP) is 2.84. The SMILES string of the molecule is Cc1cc(C)n(CC(C)CNC(=NCc2ccccc2)N(C)C)n1. The van der Waals surface area contributed by atoms with Gasteiger partial charge in [0, 0.05) is 32.9 Å². The zero-order valence-electron chi connectivity index (χ0n) is 15.5. The van der Waals surface area contributed by atoms with Gasteiger partial charge in [0.25, 0.3) is 0 Å². The van der Waals surface area contributed by atoms with E-state index in [1.54, 1.807) is 0 Å². The molecular formula is C19H29N5. The fraction of sp³-hybridized carbons (Fsp3) is 0.474. The maximum absolute atomic E-state index is 4.70. The molecule has 0 fully saturated rings. The monoisotopic (exact) mass is 327 g/mol. The van der Waals surface area contributed by atoms with E-state index in [1.807, 2.05) is 44.1 Å². The van der Waals surface area contributed by atoms with Crippen LogP contribution in [0.2, 0.25) is 0 Å². The van der Waals surface area contributed by atoms with Gasteiger partial charge in [-0.25, -0.2) is 4.99 Å². The van der Waals surface area contributed by atoms with Gasteiger partial charge in [0.15, 0.2) is 5.96 Å². The molecule has 130 valence electrons. The molecule has 1 N–H and O–H groups in total. The number of aromatic nitrogens is 2. The molecule has 0 amide bonds. The molecule has 1 aromatic heterocycles. The van der Waals surface area contributed by atoms with Gasteiger partial charge in [-0.2, -0.15) is 5.10 Å². The second-order valence-corrected chi connectivity index (χ2v) is 6.62. The molecule has 2 rings (SSSR count). The lowest BCUT2D eigenvalue weighted by molar-refractivity contribution is 0.429. The van der Waals surface area contributed by atoms with Crippen LogP contribution in [-0.4, -0.2) is 41.3 Å². The molecule has 5 nitrogen and oxygen atoms in total. The second-order valence-electron chi connectivity index (χ2n) is 6.62. The lowest BCUT2D eigenvalue weighted by Crippen LogP contribution is -2.39. The summed E-state index contributed by atoms with van der Waals surface area (Å²) in [5.74, 6) is 1.38. The van der Waals surface area contributed by atoms with Crippen molar-refractivity contribution in [2.45, 2.75) is 33.9 Å². The zero-order valence-corrected chi connectivity index (χ0v) is 15.5. The van der Waals surface area contributed by atoms with Crippen molar-refractivity contribution in [2.24, 2.45) is 10.9 Å². The van der Waals surface area contributed by atoms with Crippen LogP contribution >= 0.6 is 0 Å². The van der Waals surface area contributed by atoms with Gasteiger partial charge in [-0.15, -0.1) is 0 Å². The first-order chi connectivity index (χ1) is 11.5. The Labute approximate surface area is 145 Å². The predicted molar refractivity (Wildman–Crippen MR) is 100 cm³/mol. The maximum atomic E-state index is 4.70. The number of benzene rings is 1. The van der Waals surface area contributed by atoms with Crippen LogP contribution in [-0.2, 0) is 13.1 Å². The molecule has 0 spiro atoms. The van der Waals surface area contributed by atoms with E-state index in [1.165, 1.54) is 11.3 Å². The van der Waals surface area contributed by atoms with Crippen molar-refractivity contribution in [3.05, 3.63) is 53.3 Å². The first-order valence-corrected chi connectivity index (χ1v) is 8.46. The van der Waals surface area contributed by atoms with Crippen molar-refractivity contribution in [1.29, 1.82) is 0 Å². The Morgan fingerprint density at radius 2 is 1.96 bits per heavy atom. The number of hydrogen-bond donors (Lipinski definition) is 1. The minimum absolute atomic E-state index is 0.463. The third-order valence-corrected chi connectivity index (χ3v) is 3.87. The number of hydrogen-bond acceptors (Lipinski definition) is 2. The molecule has 0 saturated carbocycles. The maximum Gasteiger partial charge on any atom is 0.193 e. The number of nitrogens with one attached hydrogen (secondary N) is 1. The molecule has 1 aromatic carbocycles. The Kier molecular flexibility index (Phi) is 6.41. The van der Waals surface area contributed by atoms with E-state index in [-0.39, 0.29) is 0 Å². The lowest BCUT2D eigenvalue weighted by Gasteiger charge is -2.20. The average molecular weight is 327 g/mol. The number of aryl methyl sites for hydroxylation is 2. The van der Waals surface area contributed by atoms with Crippen LogP contribution in [0.15, 0.2) is 41.4 Å². The number of guanidine groups is 1. The van der Waals surface area contributed by atoms with Crippen molar-refractivity contribution < 1.29 is 0 Å². The highest BCUT2D eigenvalue weighted by molar-refractivity contribution is 5.79. The quantitative estimate of drug-likeness (QED) is 0.655. The van der Waals surface area contributed by atoms with E-state index in [4.69, 9.17) is 4.99 Å². The minimum Gasteiger partial charge on any atom is -0.356 e. The van der Waals surface area contributed by atoms with Crippen molar-refractivity contribution in [1.82, 2.24) is 20.0 Å². The molecule has 0 aliphatic carbocycles. The smallest absolute Gasteiger partial charge is 0.193 e. The summed E-state index contributed by atoms with van der Waals surface area (Å²) in [6.45, 7) is 8.83. The third-order valence-electron chi connectivity index (χ3n) is 3.87. The molecule has 0 radical (unpaired) electrons. The van der Waals surface area contributed by atoms with Gasteiger partial charge >= 0.3 is 0 Å². The molecular weight excluding hydrogens is 298 g/mol. The summed E-state index contributed by atoms with van der Waals surface area (Å²) < 4.78 is 2.08. The number of nitrogens with zero attached hydrogens (tertiary/aromatic N) is 4. The summed E-state index contributed by atoms with van der Waals surface area (Å²) >= 11 is 0. The Hall–Kier alpha value is -2.30. The van der Waals surface area contributed by atoms with Gasteiger partial charge in [-0.1, -0.05) is 37.3 Å². The normalized spacial score (nSPS) is 13.0. The van der Waals surface area contributed by atoms with Gasteiger partial charge in [0.1, 0.15) is 0 Å². The molecule has 0 aliphatic rings. The van der Waals surface area contributed by atoms with Crippen LogP contribution in [0.3, 0.4) is 0 Å². The van der Waals surface area contributed by atoms with Crippen LogP contribution in [0.4, 0.5) is 0 Å². The number of rotatable bonds is 6. The van der Waals surface area contributed by atoms with Gasteiger partial charge in [0.05, 0.1) is 12.2 Å². The van der Waals surface area contributed by atoms with Gasteiger partial charge in [-0.05, 0) is 31.4 Å². The first kappa shape index (κ1) is 18.0. The van der Waals surface area contributed by atoms with E-state index >= 15 is 0 Å². The summed E-state index contributed by atoms with van der Waals surface area (Å²) in [4.78, 5) is 6.73. The molecule has 0 bridgehead atoms. The van der Waals surface area contributed by atoms with E-state index in [2.05, 4.69) is 47.1 Å². The van der Waals surface area contributed by atoms with Crippen LogP contribution in [0.1, 0.15) is 23.9 Å². The molecule has 1 atom stereocenters. The van der Waals surface area contributed by atoms with Crippen LogP contribution < -0.4 is 5.32 Å². The van der Waals surface area contributed by atoms with E-state index < -0.39 is 0 Å². The summed E-state index contributed by atoms with van der Waals surface area (Å²) in [6, 6.07) is 12.4. The highest BCUT2D eigenvalue weighted by atomic mass is 15.3. The van der Waals surface area contributed by atoms with E-state index in [9.17, 15) is 0 Å². The Morgan fingerprint density at radius 3 is 2.54 bits per heavy atom. The average Bonchev–Trinajstić information content (AvgIpc) is 2.85. The standard InChI is InChI=1S/C19H29N5/c1-15(14-24-17(3)11-16(2)22-24)12-20-19(23(4)5)21-13-18-9-7-6-8-10-18/h6-11,15H,12-14H2,1-5H3,(H,20,21). The zero-order chi connectivity index (χ0) is 17.5. The molecule has 24 heavy (non-hydrogen) atoms. The Balaban J connectivity index is 1.89. The first-order valence-electron chi connectivity index (χ1n) is 8.46. The summed E-state index contributed by atoms with van der Waals surface area (Å²) in [5, 5.41) is 8.01. The second kappa shape index (κ2) is 8.52. The molecule has 0 saturated heterocycles. The van der Waals surface area contributed by atoms with Crippen molar-refractivity contribution in [3.63, 3.8) is 0 Å². The molecule has 1 heterocycles.